The molecule has 0 saturated heterocycles. The molecule has 2 unspecified atom stereocenters. The van der Waals surface area contributed by atoms with E-state index >= 15 is 0 Å². The van der Waals surface area contributed by atoms with E-state index in [1.54, 1.807) is 0 Å². The molecule has 0 amide bonds. The van der Waals surface area contributed by atoms with Crippen molar-refractivity contribution in [1.29, 1.82) is 0 Å². The zero-order chi connectivity index (χ0) is 24.8. The monoisotopic (exact) mass is 488 g/mol. The van der Waals surface area contributed by atoms with Crippen LogP contribution in [-0.2, 0) is 9.09 Å². The van der Waals surface area contributed by atoms with Gasteiger partial charge in [-0.05, 0) is 38.5 Å². The molecule has 33 heavy (non-hydrogen) atoms. The van der Waals surface area contributed by atoms with Crippen LogP contribution in [0.25, 0.3) is 0 Å². The van der Waals surface area contributed by atoms with Gasteiger partial charge in [0, 0.05) is 6.42 Å². The first-order valence-electron chi connectivity index (χ1n) is 14.2. The highest BCUT2D eigenvalue weighted by molar-refractivity contribution is 7.53. The second-order valence-electron chi connectivity index (χ2n) is 10.8. The summed E-state index contributed by atoms with van der Waals surface area (Å²) in [6.07, 6.45) is 28.4. The SMILES string of the molecule is CCCCCC/C=C\CCCCCCCCCCCCCOP(=O)(O)C(CCC)[N+](C)(C)C. The molecule has 0 aromatic rings. The Labute approximate surface area is 207 Å². The fourth-order valence-electron chi connectivity index (χ4n) is 4.41. The molecule has 2 atom stereocenters. The quantitative estimate of drug-likeness (QED) is 0.0637. The Bertz CT molecular complexity index is 502. The van der Waals surface area contributed by atoms with Crippen molar-refractivity contribution in [3.8, 4) is 0 Å². The number of hydrogen-bond acceptors (Lipinski definition) is 2. The van der Waals surface area contributed by atoms with E-state index in [0.29, 0.717) is 17.5 Å². The molecule has 4 nitrogen and oxygen atoms in total. The van der Waals surface area contributed by atoms with Gasteiger partial charge in [-0.15, -0.1) is 0 Å². The second kappa shape index (κ2) is 21.2. The Morgan fingerprint density at radius 1 is 0.697 bits per heavy atom. The van der Waals surface area contributed by atoms with Gasteiger partial charge in [-0.3, -0.25) is 4.57 Å². The zero-order valence-electron chi connectivity index (χ0n) is 23.0. The molecule has 0 fully saturated rings. The number of hydrogen-bond donors (Lipinski definition) is 1. The summed E-state index contributed by atoms with van der Waals surface area (Å²) >= 11 is 0. The Morgan fingerprint density at radius 3 is 1.55 bits per heavy atom. The third kappa shape index (κ3) is 19.8. The highest BCUT2D eigenvalue weighted by atomic mass is 31.2. The lowest BCUT2D eigenvalue weighted by Crippen LogP contribution is -2.45. The first kappa shape index (κ1) is 32.8. The molecule has 0 saturated carbocycles. The maximum absolute atomic E-state index is 12.7. The minimum Gasteiger partial charge on any atom is -0.320 e. The first-order valence-corrected chi connectivity index (χ1v) is 15.8. The van der Waals surface area contributed by atoms with Crippen molar-refractivity contribution in [3.05, 3.63) is 12.2 Å². The Balaban J connectivity index is 3.50. The van der Waals surface area contributed by atoms with Crippen molar-refractivity contribution >= 4 is 7.60 Å². The van der Waals surface area contributed by atoms with E-state index in [1.807, 2.05) is 21.1 Å². The van der Waals surface area contributed by atoms with Gasteiger partial charge in [-0.1, -0.05) is 103 Å². The van der Waals surface area contributed by atoms with Crippen LogP contribution in [0, 0.1) is 0 Å². The van der Waals surface area contributed by atoms with Gasteiger partial charge in [0.25, 0.3) is 0 Å². The molecule has 198 valence electrons. The first-order chi connectivity index (χ1) is 15.8. The van der Waals surface area contributed by atoms with E-state index < -0.39 is 7.60 Å². The van der Waals surface area contributed by atoms with Crippen molar-refractivity contribution in [2.24, 2.45) is 0 Å². The average Bonchev–Trinajstić information content (AvgIpc) is 2.75. The normalized spacial score (nSPS) is 15.2. The lowest BCUT2D eigenvalue weighted by molar-refractivity contribution is -0.883. The molecule has 0 heterocycles. The number of quaternary nitrogens is 1. The maximum atomic E-state index is 12.7. The third-order valence-corrected chi connectivity index (χ3v) is 8.76. The van der Waals surface area contributed by atoms with Gasteiger partial charge >= 0.3 is 7.60 Å². The van der Waals surface area contributed by atoms with Gasteiger partial charge < -0.3 is 13.9 Å². The topological polar surface area (TPSA) is 46.5 Å². The minimum atomic E-state index is -3.57. The summed E-state index contributed by atoms with van der Waals surface area (Å²) in [5.41, 5.74) is 0. The predicted molar refractivity (Wildman–Crippen MR) is 146 cm³/mol. The van der Waals surface area contributed by atoms with Gasteiger partial charge in [0.1, 0.15) is 0 Å². The summed E-state index contributed by atoms with van der Waals surface area (Å²) in [7, 11) is 2.35. The van der Waals surface area contributed by atoms with Crippen LogP contribution in [0.5, 0.6) is 0 Å². The Morgan fingerprint density at radius 2 is 1.12 bits per heavy atom. The third-order valence-electron chi connectivity index (χ3n) is 6.50. The van der Waals surface area contributed by atoms with Crippen molar-refractivity contribution in [2.75, 3.05) is 27.7 Å². The highest BCUT2D eigenvalue weighted by Gasteiger charge is 2.41. The minimum absolute atomic E-state index is 0.334. The van der Waals surface area contributed by atoms with Crippen molar-refractivity contribution in [1.82, 2.24) is 0 Å². The van der Waals surface area contributed by atoms with E-state index in [-0.39, 0.29) is 5.78 Å². The van der Waals surface area contributed by atoms with Gasteiger partial charge in [-0.25, -0.2) is 0 Å². The lowest BCUT2D eigenvalue weighted by Gasteiger charge is -2.35. The van der Waals surface area contributed by atoms with Crippen molar-refractivity contribution < 1.29 is 18.5 Å². The Kier molecular flexibility index (Phi) is 21.1. The molecular formula is C28H59NO3P+. The fourth-order valence-corrected chi connectivity index (χ4v) is 6.43. The molecule has 0 aliphatic heterocycles. The van der Waals surface area contributed by atoms with E-state index in [4.69, 9.17) is 4.52 Å². The molecule has 0 aromatic carbocycles. The molecule has 0 aliphatic carbocycles. The molecular weight excluding hydrogens is 429 g/mol. The van der Waals surface area contributed by atoms with Crippen LogP contribution in [0.2, 0.25) is 0 Å². The summed E-state index contributed by atoms with van der Waals surface area (Å²) in [6.45, 7) is 4.73. The summed E-state index contributed by atoms with van der Waals surface area (Å²) in [6, 6.07) is 0. The number of allylic oxidation sites excluding steroid dienone is 2. The smallest absolute Gasteiger partial charge is 0.320 e. The maximum Gasteiger partial charge on any atom is 0.385 e. The molecule has 0 rings (SSSR count). The van der Waals surface area contributed by atoms with Crippen LogP contribution in [-0.4, -0.2) is 42.9 Å². The zero-order valence-corrected chi connectivity index (χ0v) is 23.9. The molecule has 0 aromatic heterocycles. The van der Waals surface area contributed by atoms with Gasteiger partial charge in [0.05, 0.1) is 27.7 Å². The van der Waals surface area contributed by atoms with Crippen LogP contribution in [0.3, 0.4) is 0 Å². The average molecular weight is 489 g/mol. The van der Waals surface area contributed by atoms with Crippen LogP contribution >= 0.6 is 7.60 Å². The van der Waals surface area contributed by atoms with Gasteiger partial charge in [0.15, 0.2) is 5.78 Å². The number of rotatable bonds is 24. The van der Waals surface area contributed by atoms with Crippen LogP contribution in [0.4, 0.5) is 0 Å². The van der Waals surface area contributed by atoms with Crippen LogP contribution in [0.15, 0.2) is 12.2 Å². The van der Waals surface area contributed by atoms with Crippen molar-refractivity contribution in [2.45, 2.75) is 142 Å². The predicted octanol–water partition coefficient (Wildman–Crippen LogP) is 9.23. The van der Waals surface area contributed by atoms with E-state index in [9.17, 15) is 9.46 Å². The molecule has 0 radical (unpaired) electrons. The largest absolute Gasteiger partial charge is 0.385 e. The molecule has 1 N–H and O–H groups in total. The molecule has 0 aliphatic rings. The van der Waals surface area contributed by atoms with E-state index in [2.05, 4.69) is 26.0 Å². The summed E-state index contributed by atoms with van der Waals surface area (Å²) in [5, 5.41) is 0. The number of nitrogens with zero attached hydrogens (tertiary/aromatic N) is 1. The molecule has 0 bridgehead atoms. The lowest BCUT2D eigenvalue weighted by atomic mass is 10.0. The summed E-state index contributed by atoms with van der Waals surface area (Å²) in [5.74, 6) is -0.334. The summed E-state index contributed by atoms with van der Waals surface area (Å²) in [4.78, 5) is 10.4. The number of unbranched alkanes of at least 4 members (excludes halogenated alkanes) is 15. The fraction of sp³-hybridized carbons (Fsp3) is 0.929. The van der Waals surface area contributed by atoms with Crippen molar-refractivity contribution in [3.63, 3.8) is 0 Å². The van der Waals surface area contributed by atoms with E-state index in [0.717, 1.165) is 19.3 Å². The highest BCUT2D eigenvalue weighted by Crippen LogP contribution is 2.51. The standard InChI is InChI=1S/C28H58NO3P/c1-6-8-9-10-11-12-13-14-15-16-17-18-19-20-21-22-23-24-25-27-32-33(30,31)28(26-7-2)29(3,4)5/h12-13,28H,6-11,14-27H2,1-5H3/p+1/b13-12-. The molecule has 5 heteroatoms. The van der Waals surface area contributed by atoms with Crippen LogP contribution in [0.1, 0.15) is 136 Å². The van der Waals surface area contributed by atoms with Gasteiger partial charge in [-0.2, -0.15) is 0 Å². The second-order valence-corrected chi connectivity index (χ2v) is 12.8. The molecule has 0 spiro atoms. The Hall–Kier alpha value is -0.150. The van der Waals surface area contributed by atoms with Gasteiger partial charge in [0.2, 0.25) is 0 Å². The summed E-state index contributed by atoms with van der Waals surface area (Å²) < 4.78 is 18.6. The van der Waals surface area contributed by atoms with E-state index in [1.165, 1.54) is 96.3 Å². The van der Waals surface area contributed by atoms with Crippen LogP contribution < -0.4 is 0 Å².